The molecule has 0 fully saturated rings. The maximum Gasteiger partial charge on any atom is 0.213 e. The zero-order valence-corrected chi connectivity index (χ0v) is 12.3. The molecule has 0 bridgehead atoms. The number of pyridine rings is 1. The molecular weight excluding hydrogens is 250 g/mol. The molecule has 0 aliphatic rings. The standard InChI is InChI=1S/C16H21N3O/c1-12(14-6-8-17-16(10-14)20-3)4-5-13(2)15-7-9-18-19-11-15/h6-13H,4-5H2,1-3H3. The minimum Gasteiger partial charge on any atom is -0.481 e. The van der Waals surface area contributed by atoms with Crippen LogP contribution >= 0.6 is 0 Å². The Morgan fingerprint density at radius 2 is 1.70 bits per heavy atom. The minimum absolute atomic E-state index is 0.490. The molecule has 0 radical (unpaired) electrons. The van der Waals surface area contributed by atoms with Crippen LogP contribution < -0.4 is 4.74 Å². The van der Waals surface area contributed by atoms with Crippen LogP contribution in [0.4, 0.5) is 0 Å². The van der Waals surface area contributed by atoms with E-state index in [1.54, 1.807) is 19.5 Å². The fraction of sp³-hybridized carbons (Fsp3) is 0.438. The molecular formula is C16H21N3O. The smallest absolute Gasteiger partial charge is 0.213 e. The first kappa shape index (κ1) is 14.4. The van der Waals surface area contributed by atoms with Gasteiger partial charge in [0.1, 0.15) is 0 Å². The Morgan fingerprint density at radius 1 is 1.00 bits per heavy atom. The molecule has 2 aromatic heterocycles. The molecule has 0 aromatic carbocycles. The van der Waals surface area contributed by atoms with Crippen LogP contribution in [0.25, 0.3) is 0 Å². The topological polar surface area (TPSA) is 47.9 Å². The maximum atomic E-state index is 5.17. The lowest BCUT2D eigenvalue weighted by Gasteiger charge is -2.16. The molecule has 0 saturated heterocycles. The summed E-state index contributed by atoms with van der Waals surface area (Å²) in [6.07, 6.45) is 7.66. The summed E-state index contributed by atoms with van der Waals surface area (Å²) < 4.78 is 5.17. The second-order valence-corrected chi connectivity index (χ2v) is 5.19. The third kappa shape index (κ3) is 3.76. The van der Waals surface area contributed by atoms with Gasteiger partial charge in [-0.15, -0.1) is 0 Å². The molecule has 4 heteroatoms. The predicted molar refractivity (Wildman–Crippen MR) is 78.9 cm³/mol. The van der Waals surface area contributed by atoms with Crippen LogP contribution in [0.2, 0.25) is 0 Å². The molecule has 0 saturated carbocycles. The van der Waals surface area contributed by atoms with E-state index in [0.717, 1.165) is 12.8 Å². The first-order valence-corrected chi connectivity index (χ1v) is 6.97. The van der Waals surface area contributed by atoms with Crippen LogP contribution in [0, 0.1) is 0 Å². The van der Waals surface area contributed by atoms with Gasteiger partial charge in [0.15, 0.2) is 0 Å². The lowest BCUT2D eigenvalue weighted by Crippen LogP contribution is -2.00. The molecule has 106 valence electrons. The van der Waals surface area contributed by atoms with Crippen molar-refractivity contribution < 1.29 is 4.74 Å². The van der Waals surface area contributed by atoms with Crippen LogP contribution in [0.1, 0.15) is 49.7 Å². The van der Waals surface area contributed by atoms with E-state index in [0.29, 0.717) is 17.7 Å². The summed E-state index contributed by atoms with van der Waals surface area (Å²) in [7, 11) is 1.65. The van der Waals surface area contributed by atoms with E-state index in [2.05, 4.69) is 35.1 Å². The average Bonchev–Trinajstić information content (AvgIpc) is 2.53. The van der Waals surface area contributed by atoms with Gasteiger partial charge in [0.2, 0.25) is 5.88 Å². The van der Waals surface area contributed by atoms with Crippen molar-refractivity contribution in [2.45, 2.75) is 38.5 Å². The molecule has 0 aliphatic carbocycles. The minimum atomic E-state index is 0.490. The van der Waals surface area contributed by atoms with Gasteiger partial charge in [0.05, 0.1) is 13.3 Å². The van der Waals surface area contributed by atoms with E-state index in [9.17, 15) is 0 Å². The zero-order valence-electron chi connectivity index (χ0n) is 12.3. The Hall–Kier alpha value is -1.97. The lowest BCUT2D eigenvalue weighted by atomic mass is 9.90. The Kier molecular flexibility index (Phi) is 5.04. The average molecular weight is 271 g/mol. The summed E-state index contributed by atoms with van der Waals surface area (Å²) in [5.41, 5.74) is 2.52. The monoisotopic (exact) mass is 271 g/mol. The Bertz CT molecular complexity index is 530. The summed E-state index contributed by atoms with van der Waals surface area (Å²) in [4.78, 5) is 4.15. The molecule has 0 amide bonds. The van der Waals surface area contributed by atoms with E-state index in [4.69, 9.17) is 4.74 Å². The van der Waals surface area contributed by atoms with Gasteiger partial charge in [-0.25, -0.2) is 4.98 Å². The van der Waals surface area contributed by atoms with Crippen molar-refractivity contribution in [3.8, 4) is 5.88 Å². The van der Waals surface area contributed by atoms with Crippen LogP contribution in [0.3, 0.4) is 0 Å². The highest BCUT2D eigenvalue weighted by Crippen LogP contribution is 2.27. The predicted octanol–water partition coefficient (Wildman–Crippen LogP) is 3.57. The van der Waals surface area contributed by atoms with Crippen LogP contribution in [-0.4, -0.2) is 22.3 Å². The van der Waals surface area contributed by atoms with Crippen LogP contribution in [0.5, 0.6) is 5.88 Å². The molecule has 2 heterocycles. The molecule has 0 aliphatic heterocycles. The normalized spacial score (nSPS) is 13.8. The third-order valence-corrected chi connectivity index (χ3v) is 3.75. The van der Waals surface area contributed by atoms with E-state index in [1.165, 1.54) is 11.1 Å². The number of ether oxygens (including phenoxy) is 1. The van der Waals surface area contributed by atoms with Gasteiger partial charge in [-0.3, -0.25) is 0 Å². The zero-order chi connectivity index (χ0) is 14.4. The fourth-order valence-corrected chi connectivity index (χ4v) is 2.27. The number of rotatable bonds is 6. The third-order valence-electron chi connectivity index (χ3n) is 3.75. The van der Waals surface area contributed by atoms with Crippen molar-refractivity contribution in [1.82, 2.24) is 15.2 Å². The second-order valence-electron chi connectivity index (χ2n) is 5.19. The van der Waals surface area contributed by atoms with Crippen molar-refractivity contribution in [3.63, 3.8) is 0 Å². The highest BCUT2D eigenvalue weighted by atomic mass is 16.5. The number of hydrogen-bond acceptors (Lipinski definition) is 4. The largest absolute Gasteiger partial charge is 0.481 e. The van der Waals surface area contributed by atoms with Gasteiger partial charge in [-0.1, -0.05) is 13.8 Å². The highest BCUT2D eigenvalue weighted by Gasteiger charge is 2.11. The van der Waals surface area contributed by atoms with Gasteiger partial charge in [0, 0.05) is 18.5 Å². The molecule has 20 heavy (non-hydrogen) atoms. The summed E-state index contributed by atoms with van der Waals surface area (Å²) in [5, 5.41) is 7.76. The Labute approximate surface area is 120 Å². The highest BCUT2D eigenvalue weighted by molar-refractivity contribution is 5.23. The van der Waals surface area contributed by atoms with Crippen molar-refractivity contribution in [3.05, 3.63) is 47.9 Å². The first-order chi connectivity index (χ1) is 9.70. The quantitative estimate of drug-likeness (QED) is 0.806. The summed E-state index contributed by atoms with van der Waals surface area (Å²) in [5.74, 6) is 1.67. The molecule has 2 rings (SSSR count). The molecule has 2 aromatic rings. The second kappa shape index (κ2) is 6.98. The Balaban J connectivity index is 1.93. The lowest BCUT2D eigenvalue weighted by molar-refractivity contribution is 0.396. The summed E-state index contributed by atoms with van der Waals surface area (Å²) in [6, 6.07) is 6.12. The number of hydrogen-bond donors (Lipinski definition) is 0. The van der Waals surface area contributed by atoms with E-state index in [-0.39, 0.29) is 0 Å². The number of aromatic nitrogens is 3. The van der Waals surface area contributed by atoms with Crippen molar-refractivity contribution in [1.29, 1.82) is 0 Å². The SMILES string of the molecule is COc1cc(C(C)CCC(C)c2ccnnc2)ccn1. The van der Waals surface area contributed by atoms with Crippen LogP contribution in [0.15, 0.2) is 36.8 Å². The number of nitrogens with zero attached hydrogens (tertiary/aromatic N) is 3. The van der Waals surface area contributed by atoms with Gasteiger partial charge in [-0.2, -0.15) is 10.2 Å². The van der Waals surface area contributed by atoms with Gasteiger partial charge in [-0.05, 0) is 47.9 Å². The molecule has 0 spiro atoms. The van der Waals surface area contributed by atoms with Gasteiger partial charge in [0.25, 0.3) is 0 Å². The molecule has 0 N–H and O–H groups in total. The van der Waals surface area contributed by atoms with Crippen LogP contribution in [-0.2, 0) is 0 Å². The summed E-state index contributed by atoms with van der Waals surface area (Å²) >= 11 is 0. The van der Waals surface area contributed by atoms with Gasteiger partial charge >= 0.3 is 0 Å². The molecule has 2 atom stereocenters. The summed E-state index contributed by atoms with van der Waals surface area (Å²) in [6.45, 7) is 4.48. The van der Waals surface area contributed by atoms with E-state index >= 15 is 0 Å². The van der Waals surface area contributed by atoms with Crippen molar-refractivity contribution in [2.24, 2.45) is 0 Å². The van der Waals surface area contributed by atoms with Crippen molar-refractivity contribution in [2.75, 3.05) is 7.11 Å². The fourth-order valence-electron chi connectivity index (χ4n) is 2.27. The first-order valence-electron chi connectivity index (χ1n) is 6.97. The Morgan fingerprint density at radius 3 is 2.35 bits per heavy atom. The molecule has 2 unspecified atom stereocenters. The number of methoxy groups -OCH3 is 1. The maximum absolute atomic E-state index is 5.17. The molecule has 4 nitrogen and oxygen atoms in total. The van der Waals surface area contributed by atoms with E-state index < -0.39 is 0 Å². The van der Waals surface area contributed by atoms with Crippen molar-refractivity contribution >= 4 is 0 Å². The van der Waals surface area contributed by atoms with E-state index in [1.807, 2.05) is 18.3 Å². The van der Waals surface area contributed by atoms with Gasteiger partial charge < -0.3 is 4.74 Å².